The molecule has 6 atom stereocenters. The van der Waals surface area contributed by atoms with Crippen LogP contribution in [0, 0.1) is 23.7 Å². The number of aliphatic hydroxyl groups is 2. The Kier molecular flexibility index (Phi) is 11.3. The highest BCUT2D eigenvalue weighted by molar-refractivity contribution is 5.76. The lowest BCUT2D eigenvalue weighted by atomic mass is 9.88. The van der Waals surface area contributed by atoms with Crippen molar-refractivity contribution in [1.29, 1.82) is 0 Å². The predicted octanol–water partition coefficient (Wildman–Crippen LogP) is 5.49. The Labute approximate surface area is 190 Å². The molecule has 2 rings (SSSR count). The van der Waals surface area contributed by atoms with Crippen LogP contribution in [0.1, 0.15) is 91.9 Å². The zero-order valence-corrected chi connectivity index (χ0v) is 20.4. The van der Waals surface area contributed by atoms with Crippen LogP contribution in [0.4, 0.5) is 0 Å². The number of carbonyl (C=O) groups is 1. The topological polar surface area (TPSA) is 60.8 Å². The fourth-order valence-corrected chi connectivity index (χ4v) is 5.57. The highest BCUT2D eigenvalue weighted by Gasteiger charge is 2.43. The van der Waals surface area contributed by atoms with E-state index in [4.69, 9.17) is 0 Å². The monoisotopic (exact) mass is 433 g/mol. The van der Waals surface area contributed by atoms with Gasteiger partial charge in [-0.25, -0.2) is 0 Å². The van der Waals surface area contributed by atoms with Crippen LogP contribution in [0.3, 0.4) is 0 Å². The maximum atomic E-state index is 12.1. The van der Waals surface area contributed by atoms with E-state index in [9.17, 15) is 15.0 Å². The van der Waals surface area contributed by atoms with Gasteiger partial charge in [0, 0.05) is 25.4 Å². The first-order valence-corrected chi connectivity index (χ1v) is 12.9. The number of allylic oxidation sites excluding steroid dienone is 2. The Morgan fingerprint density at radius 1 is 1.23 bits per heavy atom. The van der Waals surface area contributed by atoms with Gasteiger partial charge in [0.15, 0.2) is 0 Å². The fraction of sp³-hybridized carbons (Fsp3) is 0.815. The average Bonchev–Trinajstić information content (AvgIpc) is 3.25. The van der Waals surface area contributed by atoms with E-state index in [-0.39, 0.29) is 17.9 Å². The number of aliphatic hydroxyl groups excluding tert-OH is 2. The second kappa shape index (κ2) is 13.4. The molecule has 0 aromatic heterocycles. The highest BCUT2D eigenvalue weighted by Crippen LogP contribution is 2.48. The van der Waals surface area contributed by atoms with Crippen molar-refractivity contribution in [3.63, 3.8) is 0 Å². The first-order valence-electron chi connectivity index (χ1n) is 12.9. The summed E-state index contributed by atoms with van der Waals surface area (Å²) in [6.07, 6.45) is 15.8. The molecule has 31 heavy (non-hydrogen) atoms. The van der Waals surface area contributed by atoms with Crippen LogP contribution in [0.15, 0.2) is 23.8 Å². The van der Waals surface area contributed by atoms with Crippen molar-refractivity contribution in [2.24, 2.45) is 23.7 Å². The van der Waals surface area contributed by atoms with Gasteiger partial charge in [0.25, 0.3) is 0 Å². The van der Waals surface area contributed by atoms with Gasteiger partial charge in [0.1, 0.15) is 0 Å². The summed E-state index contributed by atoms with van der Waals surface area (Å²) in [6.45, 7) is 10.1. The molecule has 1 amide bonds. The van der Waals surface area contributed by atoms with Crippen LogP contribution in [0.2, 0.25) is 0 Å². The van der Waals surface area contributed by atoms with Gasteiger partial charge in [-0.15, -0.1) is 0 Å². The van der Waals surface area contributed by atoms with Crippen LogP contribution in [-0.2, 0) is 4.79 Å². The van der Waals surface area contributed by atoms with Crippen molar-refractivity contribution in [2.45, 2.75) is 104 Å². The van der Waals surface area contributed by atoms with E-state index in [2.05, 4.69) is 26.0 Å². The van der Waals surface area contributed by atoms with Crippen molar-refractivity contribution in [1.82, 2.24) is 4.90 Å². The Balaban J connectivity index is 1.75. The fourth-order valence-electron chi connectivity index (χ4n) is 5.57. The van der Waals surface area contributed by atoms with E-state index in [1.54, 1.807) is 0 Å². The molecule has 1 saturated carbocycles. The third-order valence-electron chi connectivity index (χ3n) is 7.45. The molecule has 2 aliphatic carbocycles. The molecule has 4 nitrogen and oxygen atoms in total. The lowest BCUT2D eigenvalue weighted by Crippen LogP contribution is -2.30. The molecular formula is C27H47NO3. The van der Waals surface area contributed by atoms with Crippen molar-refractivity contribution < 1.29 is 15.0 Å². The van der Waals surface area contributed by atoms with Crippen LogP contribution in [0.25, 0.3) is 0 Å². The van der Waals surface area contributed by atoms with Gasteiger partial charge in [-0.05, 0) is 70.1 Å². The predicted molar refractivity (Wildman–Crippen MR) is 129 cm³/mol. The molecule has 0 bridgehead atoms. The third kappa shape index (κ3) is 8.05. The first-order chi connectivity index (χ1) is 14.9. The molecule has 0 aromatic carbocycles. The molecule has 2 aliphatic rings. The van der Waals surface area contributed by atoms with Crippen LogP contribution in [0.5, 0.6) is 0 Å². The molecule has 0 saturated heterocycles. The zero-order chi connectivity index (χ0) is 22.8. The largest absolute Gasteiger partial charge is 0.392 e. The molecule has 0 aliphatic heterocycles. The molecule has 0 unspecified atom stereocenters. The smallest absolute Gasteiger partial charge is 0.222 e. The van der Waals surface area contributed by atoms with E-state index < -0.39 is 6.10 Å². The van der Waals surface area contributed by atoms with Crippen molar-refractivity contribution in [2.75, 3.05) is 13.1 Å². The summed E-state index contributed by atoms with van der Waals surface area (Å²) in [7, 11) is 0. The van der Waals surface area contributed by atoms with E-state index in [0.717, 1.165) is 51.6 Å². The minimum atomic E-state index is -0.407. The van der Waals surface area contributed by atoms with Gasteiger partial charge in [0.05, 0.1) is 12.2 Å². The molecule has 0 aromatic rings. The zero-order valence-electron chi connectivity index (χ0n) is 20.4. The van der Waals surface area contributed by atoms with E-state index in [0.29, 0.717) is 24.2 Å². The number of hydrogen-bond acceptors (Lipinski definition) is 3. The van der Waals surface area contributed by atoms with Crippen LogP contribution in [-0.4, -0.2) is 46.3 Å². The number of amides is 1. The summed E-state index contributed by atoms with van der Waals surface area (Å²) in [4.78, 5) is 14.1. The lowest BCUT2D eigenvalue weighted by molar-refractivity contribution is -0.130. The highest BCUT2D eigenvalue weighted by atomic mass is 16.3. The summed E-state index contributed by atoms with van der Waals surface area (Å²) in [5.74, 6) is 1.91. The van der Waals surface area contributed by atoms with Gasteiger partial charge < -0.3 is 15.1 Å². The molecule has 1 fully saturated rings. The minimum absolute atomic E-state index is 0.156. The van der Waals surface area contributed by atoms with E-state index in [1.165, 1.54) is 24.8 Å². The van der Waals surface area contributed by atoms with Gasteiger partial charge in [-0.3, -0.25) is 4.79 Å². The number of rotatable bonds is 14. The normalized spacial score (nSPS) is 27.4. The molecule has 0 spiro atoms. The van der Waals surface area contributed by atoms with Gasteiger partial charge in [-0.2, -0.15) is 0 Å². The van der Waals surface area contributed by atoms with Crippen molar-refractivity contribution >= 4 is 5.91 Å². The molecule has 2 N–H and O–H groups in total. The maximum Gasteiger partial charge on any atom is 0.222 e. The molecular weight excluding hydrogens is 386 g/mol. The number of hydrogen-bond donors (Lipinski definition) is 2. The summed E-state index contributed by atoms with van der Waals surface area (Å²) < 4.78 is 0. The van der Waals surface area contributed by atoms with Crippen molar-refractivity contribution in [3.8, 4) is 0 Å². The Bertz CT molecular complexity index is 595. The molecule has 178 valence electrons. The number of nitrogens with zero attached hydrogens (tertiary/aromatic N) is 1. The lowest BCUT2D eigenvalue weighted by Gasteiger charge is -2.20. The third-order valence-corrected chi connectivity index (χ3v) is 7.45. The first kappa shape index (κ1) is 26.1. The van der Waals surface area contributed by atoms with Crippen LogP contribution >= 0.6 is 0 Å². The standard InChI is InChI=1S/C27H47NO3/c1-5-8-11-20(4)16-23(29)14-15-24-25-18-21(17-22(25)19-26(24)30)12-9-10-13-27(31)28(6-2)7-3/h14-15,17,20,22-26,29-30H,5-13,16,18-19H2,1-4H3/t20-,22+,23-,24-,25+,26-/m1/s1. The van der Waals surface area contributed by atoms with Gasteiger partial charge in [-0.1, -0.05) is 56.9 Å². The summed E-state index contributed by atoms with van der Waals surface area (Å²) in [5.41, 5.74) is 1.50. The Hall–Kier alpha value is -1.13. The quantitative estimate of drug-likeness (QED) is 0.281. The summed E-state index contributed by atoms with van der Waals surface area (Å²) in [6, 6.07) is 0. The van der Waals surface area contributed by atoms with E-state index in [1.807, 2.05) is 24.8 Å². The molecule has 0 heterocycles. The minimum Gasteiger partial charge on any atom is -0.392 e. The Morgan fingerprint density at radius 3 is 2.65 bits per heavy atom. The second-order valence-corrected chi connectivity index (χ2v) is 9.95. The van der Waals surface area contributed by atoms with Gasteiger partial charge in [0.2, 0.25) is 5.91 Å². The van der Waals surface area contributed by atoms with E-state index >= 15 is 0 Å². The van der Waals surface area contributed by atoms with Crippen LogP contribution < -0.4 is 0 Å². The SMILES string of the molecule is CCCC[C@@H](C)C[C@H](O)C=C[C@@H]1[C@H]2CC(CCCCC(=O)N(CC)CC)=C[C@H]2C[C@H]1O. The van der Waals surface area contributed by atoms with Gasteiger partial charge >= 0.3 is 0 Å². The number of fused-ring (bicyclic) bond motifs is 1. The Morgan fingerprint density at radius 2 is 1.97 bits per heavy atom. The average molecular weight is 434 g/mol. The summed E-state index contributed by atoms with van der Waals surface area (Å²) in [5, 5.41) is 21.0. The van der Waals surface area contributed by atoms with Crippen molar-refractivity contribution in [3.05, 3.63) is 23.8 Å². The number of unbranched alkanes of at least 4 members (excludes halogenated alkanes) is 2. The summed E-state index contributed by atoms with van der Waals surface area (Å²) >= 11 is 0. The second-order valence-electron chi connectivity index (χ2n) is 9.95. The molecule has 0 radical (unpaired) electrons. The maximum absolute atomic E-state index is 12.1. The molecule has 4 heteroatoms. The number of carbonyl (C=O) groups excluding carboxylic acids is 1.